The maximum absolute atomic E-state index is 2.49. The van der Waals surface area contributed by atoms with Crippen LogP contribution < -0.4 is 0 Å². The number of hydrogen-bond acceptors (Lipinski definition) is 0. The lowest BCUT2D eigenvalue weighted by Gasteiger charge is -2.24. The van der Waals surface area contributed by atoms with Crippen LogP contribution in [0.2, 0.25) is 0 Å². The average Bonchev–Trinajstić information content (AvgIpc) is 3.36. The van der Waals surface area contributed by atoms with Crippen LogP contribution in [0, 0.1) is 0 Å². The summed E-state index contributed by atoms with van der Waals surface area (Å²) in [4.78, 5) is 0. The third-order valence-electron chi connectivity index (χ3n) is 14.2. The number of benzene rings is 12. The Morgan fingerprint density at radius 1 is 0.203 bits per heavy atom. The molecular weight excluding hydrogens is 769 g/mol. The molecule has 0 radical (unpaired) electrons. The van der Waals surface area contributed by atoms with Crippen molar-refractivity contribution in [2.75, 3.05) is 0 Å². The summed E-state index contributed by atoms with van der Waals surface area (Å²) in [5.41, 5.74) is 16.7. The molecule has 0 saturated carbocycles. The fraction of sp³-hybridized carbons (Fsp3) is 0.0625. The fourth-order valence-corrected chi connectivity index (χ4v) is 11.3. The molecule has 12 aromatic rings. The van der Waals surface area contributed by atoms with E-state index in [-0.39, 0.29) is 0 Å². The van der Waals surface area contributed by atoms with E-state index in [0.717, 1.165) is 25.7 Å². The molecule has 2 aliphatic rings. The zero-order valence-corrected chi connectivity index (χ0v) is 35.6. The van der Waals surface area contributed by atoms with E-state index in [1.807, 2.05) is 0 Å². The van der Waals surface area contributed by atoms with Gasteiger partial charge in [-0.25, -0.2) is 0 Å². The van der Waals surface area contributed by atoms with Crippen molar-refractivity contribution in [2.45, 2.75) is 25.7 Å². The van der Waals surface area contributed by atoms with Gasteiger partial charge in [0.25, 0.3) is 0 Å². The van der Waals surface area contributed by atoms with Crippen LogP contribution in [0.1, 0.15) is 22.3 Å². The zero-order chi connectivity index (χ0) is 42.1. The Kier molecular flexibility index (Phi) is 8.59. The summed E-state index contributed by atoms with van der Waals surface area (Å²) in [5.74, 6) is 0. The van der Waals surface area contributed by atoms with Crippen LogP contribution in [-0.4, -0.2) is 0 Å². The van der Waals surface area contributed by atoms with Crippen LogP contribution in [0.5, 0.6) is 0 Å². The minimum absolute atomic E-state index is 1.07. The summed E-state index contributed by atoms with van der Waals surface area (Å²) >= 11 is 0. The van der Waals surface area contributed by atoms with Crippen molar-refractivity contribution in [3.05, 3.63) is 241 Å². The molecular formula is C64H44. The minimum Gasteiger partial charge on any atom is -0.0616 e. The van der Waals surface area contributed by atoms with Gasteiger partial charge in [-0.15, -0.1) is 0 Å². The molecule has 2 aliphatic carbocycles. The van der Waals surface area contributed by atoms with Gasteiger partial charge >= 0.3 is 0 Å². The lowest BCUT2D eigenvalue weighted by Crippen LogP contribution is -2.05. The lowest BCUT2D eigenvalue weighted by molar-refractivity contribution is 0.945. The second kappa shape index (κ2) is 14.9. The number of aryl methyl sites for hydroxylation is 4. The van der Waals surface area contributed by atoms with Crippen LogP contribution in [0.4, 0.5) is 0 Å². The number of rotatable bonds is 2. The molecule has 0 saturated heterocycles. The molecule has 0 heteroatoms. The Bertz CT molecular complexity index is 3490. The van der Waals surface area contributed by atoms with Gasteiger partial charge in [-0.05, 0) is 169 Å². The molecule has 0 fully saturated rings. The normalized spacial score (nSPS) is 12.8. The Labute approximate surface area is 373 Å². The van der Waals surface area contributed by atoms with E-state index in [1.54, 1.807) is 0 Å². The molecule has 0 amide bonds. The standard InChI is InChI=1S/C50H34.C14H10/c1-3-11-39-31(9-1)17-19-33-21-23-35-29-37(25-27-41(35)47(33)39)49-43-13-5-7-15-45(43)50(46-16-8-6-14-44(46)49)38-26-28-42-36(30-38)24-22-34-20-18-32-10-2-4-12-40(32)48(34)42;1-2-6-12-10-14-8-4-3-7-13(14)9-11(12)5-1/h1-20,25-30H,21-24H2;1-10H. The molecule has 0 atom stereocenters. The van der Waals surface area contributed by atoms with Crippen molar-refractivity contribution in [1.29, 1.82) is 0 Å². The Hall–Kier alpha value is -7.80. The van der Waals surface area contributed by atoms with Crippen LogP contribution in [0.25, 0.3) is 109 Å². The van der Waals surface area contributed by atoms with E-state index < -0.39 is 0 Å². The van der Waals surface area contributed by atoms with Crippen molar-refractivity contribution < 1.29 is 0 Å². The first-order valence-corrected chi connectivity index (χ1v) is 22.8. The Morgan fingerprint density at radius 2 is 0.516 bits per heavy atom. The third-order valence-corrected chi connectivity index (χ3v) is 14.2. The van der Waals surface area contributed by atoms with E-state index in [9.17, 15) is 0 Å². The van der Waals surface area contributed by atoms with Gasteiger partial charge in [0.2, 0.25) is 0 Å². The topological polar surface area (TPSA) is 0 Å². The van der Waals surface area contributed by atoms with Crippen molar-refractivity contribution in [3.63, 3.8) is 0 Å². The molecule has 0 N–H and O–H groups in total. The molecule has 0 bridgehead atoms. The monoisotopic (exact) mass is 812 g/mol. The van der Waals surface area contributed by atoms with Gasteiger partial charge in [-0.2, -0.15) is 0 Å². The zero-order valence-electron chi connectivity index (χ0n) is 35.6. The van der Waals surface area contributed by atoms with E-state index >= 15 is 0 Å². The van der Waals surface area contributed by atoms with Gasteiger partial charge in [-0.1, -0.05) is 206 Å². The first kappa shape index (κ1) is 36.8. The molecule has 0 spiro atoms. The van der Waals surface area contributed by atoms with E-state index in [2.05, 4.69) is 218 Å². The maximum Gasteiger partial charge on any atom is -0.00263 e. The highest BCUT2D eigenvalue weighted by Gasteiger charge is 2.23. The first-order chi connectivity index (χ1) is 31.7. The van der Waals surface area contributed by atoms with Gasteiger partial charge in [-0.3, -0.25) is 0 Å². The average molecular weight is 813 g/mol. The highest BCUT2D eigenvalue weighted by Crippen LogP contribution is 2.48. The quantitative estimate of drug-likeness (QED) is 0.153. The second-order valence-corrected chi connectivity index (χ2v) is 17.8. The molecule has 0 unspecified atom stereocenters. The molecule has 64 heavy (non-hydrogen) atoms. The van der Waals surface area contributed by atoms with Gasteiger partial charge in [0.15, 0.2) is 0 Å². The molecule has 300 valence electrons. The second-order valence-electron chi connectivity index (χ2n) is 17.8. The Balaban J connectivity index is 0.000000250. The summed E-state index contributed by atoms with van der Waals surface area (Å²) < 4.78 is 0. The smallest absolute Gasteiger partial charge is 0.00263 e. The van der Waals surface area contributed by atoms with Crippen LogP contribution >= 0.6 is 0 Å². The van der Waals surface area contributed by atoms with E-state index in [0.29, 0.717) is 0 Å². The largest absolute Gasteiger partial charge is 0.0616 e. The molecule has 0 heterocycles. The maximum atomic E-state index is 2.49. The SMILES string of the molecule is c1ccc2c3c(ccc2c1)CCc1cc(-c2c4ccccc4c(-c4ccc5c(c4)CCc4ccc6ccccc6c4-5)c4ccccc24)ccc1-3.c1ccc2cc3ccccc3cc2c1. The number of fused-ring (bicyclic) bond motifs is 14. The predicted molar refractivity (Wildman–Crippen MR) is 274 cm³/mol. The van der Waals surface area contributed by atoms with Gasteiger partial charge < -0.3 is 0 Å². The summed E-state index contributed by atoms with van der Waals surface area (Å²) in [6.45, 7) is 0. The minimum atomic E-state index is 1.07. The molecule has 0 aromatic heterocycles. The highest BCUT2D eigenvalue weighted by atomic mass is 14.3. The van der Waals surface area contributed by atoms with E-state index in [1.165, 1.54) is 131 Å². The van der Waals surface area contributed by atoms with Crippen LogP contribution in [0.15, 0.2) is 218 Å². The molecule has 0 nitrogen and oxygen atoms in total. The van der Waals surface area contributed by atoms with Gasteiger partial charge in [0.1, 0.15) is 0 Å². The van der Waals surface area contributed by atoms with Crippen molar-refractivity contribution in [3.8, 4) is 44.5 Å². The summed E-state index contributed by atoms with van der Waals surface area (Å²) in [5, 5.41) is 15.9. The van der Waals surface area contributed by atoms with E-state index in [4.69, 9.17) is 0 Å². The van der Waals surface area contributed by atoms with Crippen LogP contribution in [-0.2, 0) is 25.7 Å². The fourth-order valence-electron chi connectivity index (χ4n) is 11.3. The van der Waals surface area contributed by atoms with Gasteiger partial charge in [0.05, 0.1) is 0 Å². The third kappa shape index (κ3) is 5.98. The van der Waals surface area contributed by atoms with Gasteiger partial charge in [0, 0.05) is 0 Å². The number of hydrogen-bond donors (Lipinski definition) is 0. The van der Waals surface area contributed by atoms with Crippen LogP contribution in [0.3, 0.4) is 0 Å². The summed E-state index contributed by atoms with van der Waals surface area (Å²) in [6.07, 6.45) is 4.29. The lowest BCUT2D eigenvalue weighted by atomic mass is 9.79. The Morgan fingerprint density at radius 3 is 0.891 bits per heavy atom. The van der Waals surface area contributed by atoms with Crippen molar-refractivity contribution in [2.24, 2.45) is 0 Å². The first-order valence-electron chi connectivity index (χ1n) is 22.8. The highest BCUT2D eigenvalue weighted by molar-refractivity contribution is 6.21. The summed E-state index contributed by atoms with van der Waals surface area (Å²) in [7, 11) is 0. The molecule has 0 aliphatic heterocycles. The summed E-state index contributed by atoms with van der Waals surface area (Å²) in [6, 6.07) is 81.1. The van der Waals surface area contributed by atoms with Crippen molar-refractivity contribution in [1.82, 2.24) is 0 Å². The van der Waals surface area contributed by atoms with Crippen molar-refractivity contribution >= 4 is 64.6 Å². The predicted octanol–water partition coefficient (Wildman–Crippen LogP) is 17.2. The molecule has 12 aromatic carbocycles. The molecule has 14 rings (SSSR count).